The molecule has 0 saturated carbocycles. The van der Waals surface area contributed by atoms with E-state index in [1.54, 1.807) is 0 Å². The topological polar surface area (TPSA) is 15.6 Å². The molecule has 0 saturated heterocycles. The molecule has 1 heterocycles. The highest BCUT2D eigenvalue weighted by atomic mass is 15.2. The van der Waals surface area contributed by atoms with E-state index < -0.39 is 0 Å². The molecular weight excluding hydrogens is 148 g/mol. The summed E-state index contributed by atoms with van der Waals surface area (Å²) in [6.45, 7) is 6.73. The van der Waals surface area contributed by atoms with Crippen molar-refractivity contribution in [3.63, 3.8) is 0 Å². The molecule has 0 aromatic heterocycles. The van der Waals surface area contributed by atoms with Crippen molar-refractivity contribution < 1.29 is 0 Å². The van der Waals surface area contributed by atoms with E-state index in [4.69, 9.17) is 0 Å². The van der Waals surface area contributed by atoms with Gasteiger partial charge in [-0.1, -0.05) is 13.8 Å². The summed E-state index contributed by atoms with van der Waals surface area (Å²) >= 11 is 0. The molecule has 1 rings (SSSR count). The lowest BCUT2D eigenvalue weighted by Crippen LogP contribution is -2.33. The zero-order valence-electron chi connectivity index (χ0n) is 8.03. The average Bonchev–Trinajstić information content (AvgIpc) is 2.56. The number of aliphatic imine (C=N–C) groups is 1. The highest BCUT2D eigenvalue weighted by Crippen LogP contribution is 2.08. The van der Waals surface area contributed by atoms with E-state index in [-0.39, 0.29) is 0 Å². The summed E-state index contributed by atoms with van der Waals surface area (Å²) in [5, 5.41) is 0. The molecule has 1 unspecified atom stereocenters. The van der Waals surface area contributed by atoms with Crippen molar-refractivity contribution in [2.24, 2.45) is 4.99 Å². The number of allylic oxidation sites excluding steroid dienone is 1. The highest BCUT2D eigenvalue weighted by Gasteiger charge is 2.13. The monoisotopic (exact) mass is 166 g/mol. The van der Waals surface area contributed by atoms with Crippen molar-refractivity contribution in [1.82, 2.24) is 4.90 Å². The summed E-state index contributed by atoms with van der Waals surface area (Å²) in [4.78, 5) is 6.78. The molecule has 1 aliphatic rings. The zero-order valence-corrected chi connectivity index (χ0v) is 8.03. The molecule has 0 aliphatic carbocycles. The molecule has 0 bridgehead atoms. The van der Waals surface area contributed by atoms with E-state index in [1.165, 1.54) is 12.8 Å². The summed E-state index contributed by atoms with van der Waals surface area (Å²) in [7, 11) is 0. The SMILES string of the molecule is CCCN(CCC)C1C=CC=N1. The van der Waals surface area contributed by atoms with Crippen molar-refractivity contribution in [2.75, 3.05) is 13.1 Å². The van der Waals surface area contributed by atoms with E-state index in [0.717, 1.165) is 13.1 Å². The molecule has 2 heteroatoms. The smallest absolute Gasteiger partial charge is 0.121 e. The Morgan fingerprint density at radius 1 is 1.25 bits per heavy atom. The second-order valence-electron chi connectivity index (χ2n) is 3.13. The zero-order chi connectivity index (χ0) is 8.81. The maximum absolute atomic E-state index is 4.36. The first-order valence-electron chi connectivity index (χ1n) is 4.82. The molecule has 1 aliphatic heterocycles. The van der Waals surface area contributed by atoms with Crippen LogP contribution in [0.1, 0.15) is 26.7 Å². The van der Waals surface area contributed by atoms with Crippen molar-refractivity contribution in [3.05, 3.63) is 12.2 Å². The van der Waals surface area contributed by atoms with Crippen LogP contribution in [0.2, 0.25) is 0 Å². The Hall–Kier alpha value is -0.630. The molecular formula is C10H18N2. The van der Waals surface area contributed by atoms with Gasteiger partial charge in [-0.2, -0.15) is 0 Å². The third-order valence-corrected chi connectivity index (χ3v) is 2.00. The number of rotatable bonds is 5. The molecule has 0 amide bonds. The van der Waals surface area contributed by atoms with Gasteiger partial charge in [0.05, 0.1) is 0 Å². The van der Waals surface area contributed by atoms with Crippen LogP contribution in [-0.4, -0.2) is 30.4 Å². The van der Waals surface area contributed by atoms with Gasteiger partial charge in [-0.25, -0.2) is 0 Å². The second-order valence-corrected chi connectivity index (χ2v) is 3.13. The maximum atomic E-state index is 4.36. The van der Waals surface area contributed by atoms with Gasteiger partial charge in [0.15, 0.2) is 0 Å². The summed E-state index contributed by atoms with van der Waals surface area (Å²) in [6, 6.07) is 0. The minimum Gasteiger partial charge on any atom is -0.279 e. The van der Waals surface area contributed by atoms with Gasteiger partial charge in [-0.3, -0.25) is 9.89 Å². The molecule has 0 fully saturated rings. The molecule has 0 aromatic rings. The fourth-order valence-electron chi connectivity index (χ4n) is 1.50. The van der Waals surface area contributed by atoms with Crippen LogP contribution in [0.3, 0.4) is 0 Å². The largest absolute Gasteiger partial charge is 0.279 e. The summed E-state index contributed by atoms with van der Waals surface area (Å²) < 4.78 is 0. The van der Waals surface area contributed by atoms with Gasteiger partial charge in [0.25, 0.3) is 0 Å². The Morgan fingerprint density at radius 2 is 1.92 bits per heavy atom. The van der Waals surface area contributed by atoms with Crippen LogP contribution in [0, 0.1) is 0 Å². The van der Waals surface area contributed by atoms with Crippen molar-refractivity contribution in [2.45, 2.75) is 32.9 Å². The molecule has 0 spiro atoms. The number of hydrogen-bond donors (Lipinski definition) is 0. The fraction of sp³-hybridized carbons (Fsp3) is 0.700. The predicted octanol–water partition coefficient (Wildman–Crippen LogP) is 2.08. The van der Waals surface area contributed by atoms with Gasteiger partial charge < -0.3 is 0 Å². The van der Waals surface area contributed by atoms with Crippen LogP contribution in [-0.2, 0) is 0 Å². The van der Waals surface area contributed by atoms with Crippen LogP contribution in [0.15, 0.2) is 17.1 Å². The average molecular weight is 166 g/mol. The van der Waals surface area contributed by atoms with Crippen molar-refractivity contribution >= 4 is 6.21 Å². The Kier molecular flexibility index (Phi) is 4.01. The first-order chi connectivity index (χ1) is 5.88. The van der Waals surface area contributed by atoms with E-state index >= 15 is 0 Å². The summed E-state index contributed by atoms with van der Waals surface area (Å²) in [5.74, 6) is 0. The molecule has 1 atom stereocenters. The van der Waals surface area contributed by atoms with Crippen molar-refractivity contribution in [1.29, 1.82) is 0 Å². The first-order valence-corrected chi connectivity index (χ1v) is 4.82. The molecule has 0 N–H and O–H groups in total. The normalized spacial score (nSPS) is 21.1. The van der Waals surface area contributed by atoms with Crippen LogP contribution >= 0.6 is 0 Å². The maximum Gasteiger partial charge on any atom is 0.121 e. The van der Waals surface area contributed by atoms with E-state index in [2.05, 4.69) is 29.8 Å². The minimum atomic E-state index is 0.324. The lowest BCUT2D eigenvalue weighted by molar-refractivity contribution is 0.237. The standard InChI is InChI=1S/C10H18N2/c1-3-8-12(9-4-2)10-6-5-7-11-10/h5-7,10H,3-4,8-9H2,1-2H3. The van der Waals surface area contributed by atoms with Gasteiger partial charge in [0.2, 0.25) is 0 Å². The Morgan fingerprint density at radius 3 is 2.33 bits per heavy atom. The Bertz CT molecular complexity index is 155. The Labute approximate surface area is 75.0 Å². The van der Waals surface area contributed by atoms with Crippen LogP contribution in [0.5, 0.6) is 0 Å². The van der Waals surface area contributed by atoms with E-state index in [9.17, 15) is 0 Å². The second kappa shape index (κ2) is 5.09. The van der Waals surface area contributed by atoms with Gasteiger partial charge in [0, 0.05) is 19.3 Å². The van der Waals surface area contributed by atoms with Gasteiger partial charge in [0.1, 0.15) is 6.17 Å². The minimum absolute atomic E-state index is 0.324. The lowest BCUT2D eigenvalue weighted by Gasteiger charge is -2.24. The molecule has 12 heavy (non-hydrogen) atoms. The Balaban J connectivity index is 2.40. The fourth-order valence-corrected chi connectivity index (χ4v) is 1.50. The molecule has 68 valence electrons. The van der Waals surface area contributed by atoms with E-state index in [0.29, 0.717) is 6.17 Å². The van der Waals surface area contributed by atoms with Crippen LogP contribution < -0.4 is 0 Å². The number of hydrogen-bond acceptors (Lipinski definition) is 2. The van der Waals surface area contributed by atoms with Gasteiger partial charge in [-0.15, -0.1) is 0 Å². The molecule has 2 nitrogen and oxygen atoms in total. The van der Waals surface area contributed by atoms with Crippen LogP contribution in [0.4, 0.5) is 0 Å². The third kappa shape index (κ3) is 2.45. The molecule has 0 radical (unpaired) electrons. The van der Waals surface area contributed by atoms with Gasteiger partial charge in [-0.05, 0) is 25.0 Å². The highest BCUT2D eigenvalue weighted by molar-refractivity contribution is 5.74. The van der Waals surface area contributed by atoms with Crippen molar-refractivity contribution in [3.8, 4) is 0 Å². The molecule has 0 aromatic carbocycles. The predicted molar refractivity (Wildman–Crippen MR) is 53.6 cm³/mol. The quantitative estimate of drug-likeness (QED) is 0.610. The first kappa shape index (κ1) is 9.46. The van der Waals surface area contributed by atoms with Gasteiger partial charge >= 0.3 is 0 Å². The number of nitrogens with zero attached hydrogens (tertiary/aromatic N) is 2. The van der Waals surface area contributed by atoms with E-state index in [1.807, 2.05) is 12.3 Å². The summed E-state index contributed by atoms with van der Waals surface area (Å²) in [5.41, 5.74) is 0. The van der Waals surface area contributed by atoms with Crippen LogP contribution in [0.25, 0.3) is 0 Å². The summed E-state index contributed by atoms with van der Waals surface area (Å²) in [6.07, 6.45) is 8.82. The third-order valence-electron chi connectivity index (χ3n) is 2.00. The lowest BCUT2D eigenvalue weighted by atomic mass is 10.3.